The minimum absolute atomic E-state index is 0.0413. The number of pyridine rings is 1. The number of amides is 2. The molecule has 5 rings (SSSR count). The second-order valence-corrected chi connectivity index (χ2v) is 11.4. The van der Waals surface area contributed by atoms with Crippen LogP contribution in [-0.4, -0.2) is 76.8 Å². The van der Waals surface area contributed by atoms with Gasteiger partial charge in [-0.2, -0.15) is 15.4 Å². The molecule has 0 aromatic carbocycles. The minimum atomic E-state index is -1.19. The van der Waals surface area contributed by atoms with Gasteiger partial charge in [-0.3, -0.25) is 14.5 Å². The van der Waals surface area contributed by atoms with Crippen molar-refractivity contribution in [2.24, 2.45) is 12.2 Å². The molecule has 0 radical (unpaired) electrons. The number of nitrogen functional groups attached to an aromatic ring is 1. The fraction of sp³-hybridized carbons (Fsp3) is 0.273. The molecule has 2 aliphatic rings. The predicted molar refractivity (Wildman–Crippen MR) is 142 cm³/mol. The fourth-order valence-corrected chi connectivity index (χ4v) is 6.73. The van der Waals surface area contributed by atoms with E-state index in [1.54, 1.807) is 5.38 Å². The number of fused-ring (bicyclic) bond motifs is 1. The van der Waals surface area contributed by atoms with E-state index in [9.17, 15) is 19.5 Å². The van der Waals surface area contributed by atoms with Crippen LogP contribution in [0.15, 0.2) is 57.4 Å². The van der Waals surface area contributed by atoms with Crippen molar-refractivity contribution in [3.8, 4) is 0 Å². The lowest BCUT2D eigenvalue weighted by molar-refractivity contribution is -0.671. The van der Waals surface area contributed by atoms with Crippen molar-refractivity contribution < 1.29 is 28.9 Å². The van der Waals surface area contributed by atoms with Crippen LogP contribution >= 0.6 is 34.9 Å². The lowest BCUT2D eigenvalue weighted by Crippen LogP contribution is -2.71. The summed E-state index contributed by atoms with van der Waals surface area (Å²) in [7, 11) is 1.91. The van der Waals surface area contributed by atoms with Crippen LogP contribution in [0.25, 0.3) is 0 Å². The Morgan fingerprint density at radius 1 is 1.41 bits per heavy atom. The van der Waals surface area contributed by atoms with Crippen LogP contribution in [-0.2, 0) is 32.9 Å². The maximum atomic E-state index is 13.2. The third-order valence-corrected chi connectivity index (χ3v) is 8.82. The molecule has 17 heteroatoms. The summed E-state index contributed by atoms with van der Waals surface area (Å²) in [6.45, 7) is -0.0590. The zero-order valence-electron chi connectivity index (χ0n) is 20.3. The lowest BCUT2D eigenvalue weighted by atomic mass is 10.0. The number of hydrogen-bond acceptors (Lipinski definition) is 12. The number of carboxylic acid groups (broad SMARTS) is 1. The number of aryl methyl sites for hydroxylation is 1. The largest absolute Gasteiger partial charge is 0.477 e. The van der Waals surface area contributed by atoms with Gasteiger partial charge in [0.1, 0.15) is 35.5 Å². The number of carboxylic acids is 1. The molecular weight excluding hydrogens is 567 g/mol. The molecule has 1 fully saturated rings. The summed E-state index contributed by atoms with van der Waals surface area (Å²) in [5, 5.41) is 27.7. The van der Waals surface area contributed by atoms with E-state index >= 15 is 0 Å². The summed E-state index contributed by atoms with van der Waals surface area (Å²) in [5.74, 6) is -1.59. The molecule has 0 saturated carbocycles. The molecule has 3 aromatic heterocycles. The number of nitrogens with zero attached hydrogens (tertiary/aromatic N) is 6. The Bertz CT molecular complexity index is 1460. The SMILES string of the molecule is C[n+]1ccc(SCC2=C(C(=O)O)N3C(=O)[C@@H](NC(=O)C(=NOCc4cn[nH]n4)c4csc(N)n4)[C@H]3SC2)cc1. The molecule has 2 atom stereocenters. The lowest BCUT2D eigenvalue weighted by Gasteiger charge is -2.49. The molecule has 2 amide bonds. The maximum Gasteiger partial charge on any atom is 0.352 e. The van der Waals surface area contributed by atoms with Crippen molar-refractivity contribution in [2.75, 3.05) is 17.2 Å². The maximum absolute atomic E-state index is 13.2. The van der Waals surface area contributed by atoms with Gasteiger partial charge in [0.25, 0.3) is 11.8 Å². The number of nitrogens with one attached hydrogen (secondary N) is 2. The van der Waals surface area contributed by atoms with Crippen molar-refractivity contribution in [3.05, 3.63) is 58.8 Å². The number of nitrogens with two attached hydrogens (primary N) is 1. The van der Waals surface area contributed by atoms with E-state index in [0.29, 0.717) is 22.8 Å². The van der Waals surface area contributed by atoms with Crippen molar-refractivity contribution in [3.63, 3.8) is 0 Å². The first kappa shape index (κ1) is 26.6. The van der Waals surface area contributed by atoms with E-state index in [2.05, 4.69) is 30.9 Å². The summed E-state index contributed by atoms with van der Waals surface area (Å²) in [6, 6.07) is 2.93. The molecule has 1 saturated heterocycles. The number of aromatic nitrogens is 5. The molecule has 39 heavy (non-hydrogen) atoms. The highest BCUT2D eigenvalue weighted by atomic mass is 32.2. The highest BCUT2D eigenvalue weighted by Crippen LogP contribution is 2.41. The van der Waals surface area contributed by atoms with Gasteiger partial charge in [0.05, 0.1) is 6.20 Å². The molecule has 202 valence electrons. The number of hydrogen-bond donors (Lipinski definition) is 4. The highest BCUT2D eigenvalue weighted by molar-refractivity contribution is 8.01. The minimum Gasteiger partial charge on any atom is -0.477 e. The van der Waals surface area contributed by atoms with Gasteiger partial charge >= 0.3 is 5.97 Å². The average molecular weight is 589 g/mol. The smallest absolute Gasteiger partial charge is 0.352 e. The summed E-state index contributed by atoms with van der Waals surface area (Å²) >= 11 is 4.00. The number of aromatic amines is 1. The van der Waals surface area contributed by atoms with Crippen molar-refractivity contribution in [1.82, 2.24) is 30.6 Å². The molecule has 0 spiro atoms. The van der Waals surface area contributed by atoms with E-state index < -0.39 is 29.2 Å². The normalized spacial score (nSPS) is 18.9. The van der Waals surface area contributed by atoms with E-state index in [0.717, 1.165) is 16.2 Å². The number of anilines is 1. The second kappa shape index (κ2) is 11.4. The van der Waals surface area contributed by atoms with Crippen molar-refractivity contribution in [1.29, 1.82) is 0 Å². The van der Waals surface area contributed by atoms with Crippen LogP contribution in [0.5, 0.6) is 0 Å². The molecule has 14 nitrogen and oxygen atoms in total. The topological polar surface area (TPSA) is 193 Å². The standard InChI is InChI=1S/C22H21N9O5S3/c1-30-4-2-13(3-5-30)37-8-11-9-38-20-16(19(33)31(20)17(11)21(34)35)26-18(32)15(14-10-39-22(23)25-14)28-36-7-12-6-24-29-27-12/h2-6,10,16,20H,7-9H2,1H3,(H4-,23,24,25,26,27,29,32,34,35)/p+1/t16-,20-/m1/s1. The Morgan fingerprint density at radius 3 is 2.87 bits per heavy atom. The second-order valence-electron chi connectivity index (χ2n) is 8.35. The Morgan fingerprint density at radius 2 is 2.21 bits per heavy atom. The van der Waals surface area contributed by atoms with E-state index in [1.807, 2.05) is 36.1 Å². The number of carbonyl (C=O) groups excluding carboxylic acids is 2. The fourth-order valence-electron chi connectivity index (χ4n) is 3.82. The number of H-pyrrole nitrogens is 1. The van der Waals surface area contributed by atoms with Crippen LogP contribution in [0.3, 0.4) is 0 Å². The van der Waals surface area contributed by atoms with Crippen molar-refractivity contribution in [2.45, 2.75) is 22.9 Å². The van der Waals surface area contributed by atoms with E-state index in [-0.39, 0.29) is 28.8 Å². The molecule has 0 aliphatic carbocycles. The Balaban J connectivity index is 1.29. The number of β-lactam (4-membered cyclic amide) rings is 1. The summed E-state index contributed by atoms with van der Waals surface area (Å²) < 4.78 is 1.91. The summed E-state index contributed by atoms with van der Waals surface area (Å²) in [5.41, 5.74) is 6.78. The number of thioether (sulfide) groups is 2. The Kier molecular flexibility index (Phi) is 7.80. The zero-order valence-corrected chi connectivity index (χ0v) is 22.8. The molecular formula is C22H22N9O5S3+. The van der Waals surface area contributed by atoms with Gasteiger partial charge in [-0.15, -0.1) is 34.9 Å². The number of aliphatic carboxylic acids is 1. The van der Waals surface area contributed by atoms with Gasteiger partial charge in [-0.1, -0.05) is 5.16 Å². The molecule has 5 N–H and O–H groups in total. The first-order chi connectivity index (χ1) is 18.8. The third kappa shape index (κ3) is 5.74. The quantitative estimate of drug-likeness (QED) is 0.0826. The highest BCUT2D eigenvalue weighted by Gasteiger charge is 2.54. The van der Waals surface area contributed by atoms with Gasteiger partial charge in [-0.25, -0.2) is 14.3 Å². The molecule has 0 unspecified atom stereocenters. The van der Waals surface area contributed by atoms with E-state index in [4.69, 9.17) is 10.6 Å². The monoisotopic (exact) mass is 588 g/mol. The average Bonchev–Trinajstić information content (AvgIpc) is 3.60. The first-order valence-corrected chi connectivity index (χ1v) is 14.3. The molecule has 5 heterocycles. The predicted octanol–water partition coefficient (Wildman–Crippen LogP) is 0.120. The molecule has 2 aliphatic heterocycles. The summed E-state index contributed by atoms with van der Waals surface area (Å²) in [4.78, 5) is 50.0. The van der Waals surface area contributed by atoms with Crippen LogP contribution in [0.4, 0.5) is 5.13 Å². The molecule has 3 aromatic rings. The van der Waals surface area contributed by atoms with Gasteiger partial charge in [0.2, 0.25) is 0 Å². The van der Waals surface area contributed by atoms with Gasteiger partial charge < -0.3 is 21.0 Å². The van der Waals surface area contributed by atoms with Crippen LogP contribution in [0, 0.1) is 0 Å². The first-order valence-electron chi connectivity index (χ1n) is 11.4. The third-order valence-electron chi connectivity index (χ3n) is 5.71. The van der Waals surface area contributed by atoms with Gasteiger partial charge in [0.15, 0.2) is 29.8 Å². The Hall–Kier alpha value is -3.96. The van der Waals surface area contributed by atoms with Crippen LogP contribution < -0.4 is 15.6 Å². The van der Waals surface area contributed by atoms with Gasteiger partial charge in [-0.05, 0) is 5.57 Å². The number of carbonyl (C=O) groups is 3. The number of thiazole rings is 1. The van der Waals surface area contributed by atoms with Crippen LogP contribution in [0.2, 0.25) is 0 Å². The van der Waals surface area contributed by atoms with E-state index in [1.165, 1.54) is 34.6 Å². The van der Waals surface area contributed by atoms with Gasteiger partial charge in [0, 0.05) is 33.9 Å². The van der Waals surface area contributed by atoms with Crippen molar-refractivity contribution >= 4 is 63.5 Å². The zero-order chi connectivity index (χ0) is 27.5. The Labute approximate surface area is 233 Å². The summed E-state index contributed by atoms with van der Waals surface area (Å²) in [6.07, 6.45) is 5.26. The molecule has 0 bridgehead atoms. The van der Waals surface area contributed by atoms with Crippen LogP contribution in [0.1, 0.15) is 11.4 Å². The number of rotatable bonds is 10. The number of oxime groups is 1.